The predicted octanol–water partition coefficient (Wildman–Crippen LogP) is 1.79. The molecular formula is C15H21N3O4. The van der Waals surface area contributed by atoms with Crippen LogP contribution in [0.25, 0.3) is 11.6 Å². The molecule has 0 aliphatic rings. The van der Waals surface area contributed by atoms with Crippen molar-refractivity contribution in [1.82, 2.24) is 15.5 Å². The molecule has 7 heteroatoms. The third-order valence-electron chi connectivity index (χ3n) is 3.58. The van der Waals surface area contributed by atoms with E-state index in [-0.39, 0.29) is 24.8 Å². The van der Waals surface area contributed by atoms with Crippen molar-refractivity contribution in [2.45, 2.75) is 39.2 Å². The minimum atomic E-state index is -0.525. The quantitative estimate of drug-likeness (QED) is 0.771. The summed E-state index contributed by atoms with van der Waals surface area (Å²) in [6.45, 7) is 4.21. The second-order valence-corrected chi connectivity index (χ2v) is 5.25. The van der Waals surface area contributed by atoms with Crippen molar-refractivity contribution in [2.24, 2.45) is 5.92 Å². The lowest BCUT2D eigenvalue weighted by Crippen LogP contribution is -2.35. The fourth-order valence-corrected chi connectivity index (χ4v) is 1.86. The molecule has 2 heterocycles. The van der Waals surface area contributed by atoms with Gasteiger partial charge in [0.1, 0.15) is 0 Å². The number of furan rings is 1. The van der Waals surface area contributed by atoms with E-state index in [0.29, 0.717) is 23.9 Å². The van der Waals surface area contributed by atoms with Crippen LogP contribution in [-0.2, 0) is 11.2 Å². The molecule has 0 spiro atoms. The molecule has 2 rings (SSSR count). The van der Waals surface area contributed by atoms with Gasteiger partial charge in [0.2, 0.25) is 17.6 Å². The summed E-state index contributed by atoms with van der Waals surface area (Å²) < 4.78 is 10.2. The zero-order valence-electron chi connectivity index (χ0n) is 12.8. The summed E-state index contributed by atoms with van der Waals surface area (Å²) >= 11 is 0. The van der Waals surface area contributed by atoms with Gasteiger partial charge in [-0.05, 0) is 18.1 Å². The normalized spacial score (nSPS) is 13.8. The van der Waals surface area contributed by atoms with Crippen molar-refractivity contribution >= 4 is 5.91 Å². The number of rotatable bonds is 8. The van der Waals surface area contributed by atoms with Crippen LogP contribution in [0.15, 0.2) is 27.3 Å². The van der Waals surface area contributed by atoms with Crippen LogP contribution in [-0.4, -0.2) is 33.8 Å². The Balaban J connectivity index is 1.75. The number of hydrogen-bond donors (Lipinski definition) is 2. The molecule has 0 saturated carbocycles. The van der Waals surface area contributed by atoms with Crippen molar-refractivity contribution in [3.63, 3.8) is 0 Å². The van der Waals surface area contributed by atoms with Gasteiger partial charge in [0, 0.05) is 19.4 Å². The van der Waals surface area contributed by atoms with Crippen LogP contribution in [0.1, 0.15) is 32.6 Å². The Bertz CT molecular complexity index is 579. The monoisotopic (exact) mass is 307 g/mol. The predicted molar refractivity (Wildman–Crippen MR) is 78.8 cm³/mol. The molecule has 1 amide bonds. The fourth-order valence-electron chi connectivity index (χ4n) is 1.86. The van der Waals surface area contributed by atoms with Gasteiger partial charge in [-0.3, -0.25) is 4.79 Å². The zero-order chi connectivity index (χ0) is 15.9. The second-order valence-electron chi connectivity index (χ2n) is 5.25. The highest BCUT2D eigenvalue weighted by Crippen LogP contribution is 2.16. The molecule has 0 bridgehead atoms. The minimum Gasteiger partial charge on any atom is -0.461 e. The first-order chi connectivity index (χ1) is 10.6. The van der Waals surface area contributed by atoms with Gasteiger partial charge >= 0.3 is 0 Å². The van der Waals surface area contributed by atoms with Crippen molar-refractivity contribution in [2.75, 3.05) is 6.54 Å². The van der Waals surface area contributed by atoms with Crippen molar-refractivity contribution in [3.8, 4) is 11.6 Å². The summed E-state index contributed by atoms with van der Waals surface area (Å²) in [6, 6.07) is 3.47. The Morgan fingerprint density at radius 3 is 3.00 bits per heavy atom. The summed E-state index contributed by atoms with van der Waals surface area (Å²) in [5, 5.41) is 16.3. The maximum Gasteiger partial charge on any atom is 0.238 e. The number of amides is 1. The Hall–Kier alpha value is -2.15. The number of aromatic nitrogens is 2. The van der Waals surface area contributed by atoms with Crippen molar-refractivity contribution in [3.05, 3.63) is 24.3 Å². The van der Waals surface area contributed by atoms with E-state index in [1.807, 2.05) is 13.8 Å². The lowest BCUT2D eigenvalue weighted by Gasteiger charge is -2.17. The van der Waals surface area contributed by atoms with Gasteiger partial charge in [-0.1, -0.05) is 25.4 Å². The minimum absolute atomic E-state index is 0.153. The first kappa shape index (κ1) is 16.2. The number of aryl methyl sites for hydroxylation is 1. The number of nitrogens with zero attached hydrogens (tertiary/aromatic N) is 2. The van der Waals surface area contributed by atoms with Crippen LogP contribution >= 0.6 is 0 Å². The van der Waals surface area contributed by atoms with Crippen LogP contribution in [0, 0.1) is 5.92 Å². The summed E-state index contributed by atoms with van der Waals surface area (Å²) in [6.07, 6.45) is 2.45. The molecule has 22 heavy (non-hydrogen) atoms. The molecule has 0 aliphatic heterocycles. The number of carbonyl (C=O) groups excluding carboxylic acids is 1. The van der Waals surface area contributed by atoms with E-state index in [4.69, 9.17) is 8.94 Å². The molecular weight excluding hydrogens is 286 g/mol. The van der Waals surface area contributed by atoms with Gasteiger partial charge in [-0.25, -0.2) is 0 Å². The largest absolute Gasteiger partial charge is 0.461 e. The van der Waals surface area contributed by atoms with Gasteiger partial charge in [0.05, 0.1) is 12.4 Å². The lowest BCUT2D eigenvalue weighted by molar-refractivity contribution is -0.121. The summed E-state index contributed by atoms with van der Waals surface area (Å²) in [5.41, 5.74) is 0. The maximum absolute atomic E-state index is 11.7. The van der Waals surface area contributed by atoms with E-state index >= 15 is 0 Å². The molecule has 2 unspecified atom stereocenters. The Morgan fingerprint density at radius 1 is 1.50 bits per heavy atom. The molecule has 7 nitrogen and oxygen atoms in total. The number of nitrogens with one attached hydrogen (secondary N) is 1. The highest BCUT2D eigenvalue weighted by Gasteiger charge is 2.15. The van der Waals surface area contributed by atoms with Crippen molar-refractivity contribution < 1.29 is 18.8 Å². The van der Waals surface area contributed by atoms with E-state index in [1.165, 1.54) is 6.26 Å². The smallest absolute Gasteiger partial charge is 0.238 e. The highest BCUT2D eigenvalue weighted by atomic mass is 16.5. The first-order valence-corrected chi connectivity index (χ1v) is 7.41. The molecule has 2 N–H and O–H groups in total. The molecule has 0 aromatic carbocycles. The molecule has 0 aliphatic carbocycles. The molecule has 2 aromatic heterocycles. The second kappa shape index (κ2) is 7.74. The van der Waals surface area contributed by atoms with E-state index in [1.54, 1.807) is 12.1 Å². The molecule has 0 radical (unpaired) electrons. The molecule has 120 valence electrons. The molecule has 0 saturated heterocycles. The van der Waals surface area contributed by atoms with E-state index < -0.39 is 6.10 Å². The fraction of sp³-hybridized carbons (Fsp3) is 0.533. The lowest BCUT2D eigenvalue weighted by atomic mass is 10.0. The number of aliphatic hydroxyl groups excluding tert-OH is 1. The molecule has 2 atom stereocenters. The number of carbonyl (C=O) groups is 1. The summed E-state index contributed by atoms with van der Waals surface area (Å²) in [5.74, 6) is 1.28. The highest BCUT2D eigenvalue weighted by molar-refractivity contribution is 5.76. The zero-order valence-corrected chi connectivity index (χ0v) is 12.8. The van der Waals surface area contributed by atoms with E-state index in [2.05, 4.69) is 15.5 Å². The first-order valence-electron chi connectivity index (χ1n) is 7.41. The SMILES string of the molecule is CCC(C)C(O)CNC(=O)CCc1nc(-c2ccco2)no1. The van der Waals surface area contributed by atoms with Crippen LogP contribution in [0.4, 0.5) is 0 Å². The Labute approximate surface area is 128 Å². The topological polar surface area (TPSA) is 101 Å². The van der Waals surface area contributed by atoms with Crippen LogP contribution in [0.5, 0.6) is 0 Å². The van der Waals surface area contributed by atoms with Crippen molar-refractivity contribution in [1.29, 1.82) is 0 Å². The third kappa shape index (κ3) is 4.42. The average molecular weight is 307 g/mol. The third-order valence-corrected chi connectivity index (χ3v) is 3.58. The van der Waals surface area contributed by atoms with Gasteiger partial charge < -0.3 is 19.4 Å². The molecule has 2 aromatic rings. The van der Waals surface area contributed by atoms with Gasteiger partial charge in [-0.2, -0.15) is 4.98 Å². The molecule has 0 fully saturated rings. The summed E-state index contributed by atoms with van der Waals surface area (Å²) in [4.78, 5) is 15.9. The van der Waals surface area contributed by atoms with Crippen LogP contribution < -0.4 is 5.32 Å². The van der Waals surface area contributed by atoms with E-state index in [0.717, 1.165) is 6.42 Å². The van der Waals surface area contributed by atoms with Crippen LogP contribution in [0.2, 0.25) is 0 Å². The summed E-state index contributed by atoms with van der Waals surface area (Å²) in [7, 11) is 0. The average Bonchev–Trinajstić information content (AvgIpc) is 3.20. The van der Waals surface area contributed by atoms with Gasteiger partial charge in [0.25, 0.3) is 0 Å². The Kier molecular flexibility index (Phi) is 5.71. The van der Waals surface area contributed by atoms with Crippen LogP contribution in [0.3, 0.4) is 0 Å². The maximum atomic E-state index is 11.7. The number of hydrogen-bond acceptors (Lipinski definition) is 6. The van der Waals surface area contributed by atoms with E-state index in [9.17, 15) is 9.90 Å². The number of aliphatic hydroxyl groups is 1. The Morgan fingerprint density at radius 2 is 2.32 bits per heavy atom. The van der Waals surface area contributed by atoms with Gasteiger partial charge in [-0.15, -0.1) is 0 Å². The van der Waals surface area contributed by atoms with Gasteiger partial charge in [0.15, 0.2) is 5.76 Å². The standard InChI is InChI=1S/C15H21N3O4/c1-3-10(2)11(19)9-16-13(20)6-7-14-17-15(18-22-14)12-5-4-8-21-12/h4-5,8,10-11,19H,3,6-7,9H2,1-2H3,(H,16,20).